The molecule has 17 heavy (non-hydrogen) atoms. The molecule has 0 aliphatic rings. The highest BCUT2D eigenvalue weighted by Crippen LogP contribution is 2.31. The van der Waals surface area contributed by atoms with Crippen LogP contribution in [0.25, 0.3) is 0 Å². The molecule has 0 amide bonds. The molecule has 1 aromatic rings. The van der Waals surface area contributed by atoms with E-state index in [-0.39, 0.29) is 6.61 Å². The number of hydrazine groups is 1. The summed E-state index contributed by atoms with van der Waals surface area (Å²) in [6.07, 6.45) is 2.10. The quantitative estimate of drug-likeness (QED) is 0.456. The second-order valence-corrected chi connectivity index (χ2v) is 3.38. The van der Waals surface area contributed by atoms with Crippen molar-refractivity contribution in [3.8, 4) is 5.75 Å². The van der Waals surface area contributed by atoms with Gasteiger partial charge in [0, 0.05) is 19.7 Å². The number of nitrogens with one attached hydrogen (secondary N) is 1. The minimum absolute atomic E-state index is 0.145. The van der Waals surface area contributed by atoms with Gasteiger partial charge in [-0.15, -0.1) is 0 Å². The van der Waals surface area contributed by atoms with Crippen LogP contribution in [-0.4, -0.2) is 41.9 Å². The minimum atomic E-state index is 0.145. The summed E-state index contributed by atoms with van der Waals surface area (Å²) < 4.78 is 5.26. The molecule has 4 N–H and O–H groups in total. The molecule has 0 unspecified atom stereocenters. The average Bonchev–Trinajstić information content (AvgIpc) is 2.39. The van der Waals surface area contributed by atoms with Crippen LogP contribution >= 0.6 is 0 Å². The Hall–Kier alpha value is -1.60. The lowest BCUT2D eigenvalue weighted by Crippen LogP contribution is -2.26. The second-order valence-electron chi connectivity index (χ2n) is 3.38. The number of methoxy groups -OCH3 is 1. The lowest BCUT2D eigenvalue weighted by molar-refractivity contribution is 0.289. The van der Waals surface area contributed by atoms with Crippen LogP contribution in [0.3, 0.4) is 0 Å². The molecule has 1 aromatic heterocycles. The smallest absolute Gasteiger partial charge is 0.205 e. The largest absolute Gasteiger partial charge is 0.490 e. The lowest BCUT2D eigenvalue weighted by atomic mass is 10.3. The number of hydrogen-bond donors (Lipinski definition) is 3. The van der Waals surface area contributed by atoms with E-state index in [1.54, 1.807) is 7.11 Å². The summed E-state index contributed by atoms with van der Waals surface area (Å²) in [7, 11) is 1.54. The summed E-state index contributed by atoms with van der Waals surface area (Å²) in [6, 6.07) is 0. The normalized spacial score (nSPS) is 10.1. The van der Waals surface area contributed by atoms with Crippen LogP contribution in [0, 0.1) is 0 Å². The Balaban J connectivity index is 3.00. The highest BCUT2D eigenvalue weighted by Gasteiger charge is 2.16. The molecule has 0 radical (unpaired) electrons. The number of anilines is 2. The minimum Gasteiger partial charge on any atom is -0.490 e. The number of aromatic nitrogens is 2. The second kappa shape index (κ2) is 6.87. The van der Waals surface area contributed by atoms with E-state index in [2.05, 4.69) is 15.4 Å². The zero-order valence-corrected chi connectivity index (χ0v) is 10.2. The van der Waals surface area contributed by atoms with Gasteiger partial charge in [0.05, 0.1) is 7.11 Å². The first-order valence-electron chi connectivity index (χ1n) is 5.49. The number of hydrogen-bond acceptors (Lipinski definition) is 7. The van der Waals surface area contributed by atoms with Gasteiger partial charge in [-0.1, -0.05) is 0 Å². The molecule has 96 valence electrons. The van der Waals surface area contributed by atoms with Gasteiger partial charge in [-0.2, -0.15) is 0 Å². The van der Waals surface area contributed by atoms with Crippen LogP contribution in [0.2, 0.25) is 0 Å². The Morgan fingerprint density at radius 1 is 1.53 bits per heavy atom. The molecule has 0 spiro atoms. The molecule has 0 saturated heterocycles. The molecule has 1 heterocycles. The number of aliphatic hydroxyl groups is 1. The van der Waals surface area contributed by atoms with E-state index < -0.39 is 0 Å². The van der Waals surface area contributed by atoms with Gasteiger partial charge in [-0.05, 0) is 13.3 Å². The molecule has 0 fully saturated rings. The Morgan fingerprint density at radius 3 is 2.82 bits per heavy atom. The molecule has 0 bridgehead atoms. The molecule has 7 heteroatoms. The summed E-state index contributed by atoms with van der Waals surface area (Å²) in [6.45, 7) is 3.61. The van der Waals surface area contributed by atoms with Crippen LogP contribution in [-0.2, 0) is 0 Å². The Kier molecular flexibility index (Phi) is 5.44. The first kappa shape index (κ1) is 13.5. The summed E-state index contributed by atoms with van der Waals surface area (Å²) >= 11 is 0. The van der Waals surface area contributed by atoms with Crippen molar-refractivity contribution < 1.29 is 9.84 Å². The van der Waals surface area contributed by atoms with E-state index in [0.717, 1.165) is 6.54 Å². The van der Waals surface area contributed by atoms with Crippen LogP contribution in [0.4, 0.5) is 11.6 Å². The zero-order valence-electron chi connectivity index (χ0n) is 10.2. The molecule has 0 aromatic carbocycles. The fraction of sp³-hybridized carbons (Fsp3) is 0.600. The predicted octanol–water partition coefficient (Wildman–Crippen LogP) is -0.0205. The molecule has 1 rings (SSSR count). The third-order valence-electron chi connectivity index (χ3n) is 2.39. The maximum absolute atomic E-state index is 8.86. The van der Waals surface area contributed by atoms with Gasteiger partial charge in [0.25, 0.3) is 0 Å². The van der Waals surface area contributed by atoms with Gasteiger partial charge in [0.2, 0.25) is 5.75 Å². The molecular weight excluding hydrogens is 222 g/mol. The first-order chi connectivity index (χ1) is 8.28. The van der Waals surface area contributed by atoms with Crippen molar-refractivity contribution in [3.63, 3.8) is 0 Å². The van der Waals surface area contributed by atoms with Gasteiger partial charge in [0.1, 0.15) is 6.33 Å². The highest BCUT2D eigenvalue weighted by molar-refractivity contribution is 5.64. The van der Waals surface area contributed by atoms with Crippen molar-refractivity contribution in [1.29, 1.82) is 0 Å². The molecule has 0 atom stereocenters. The average molecular weight is 241 g/mol. The highest BCUT2D eigenvalue weighted by atomic mass is 16.5. The fourth-order valence-electron chi connectivity index (χ4n) is 1.56. The first-order valence-corrected chi connectivity index (χ1v) is 5.49. The summed E-state index contributed by atoms with van der Waals surface area (Å²) in [5, 5.41) is 8.86. The van der Waals surface area contributed by atoms with Crippen molar-refractivity contribution in [1.82, 2.24) is 9.97 Å². The monoisotopic (exact) mass is 241 g/mol. The van der Waals surface area contributed by atoms with Gasteiger partial charge >= 0.3 is 0 Å². The van der Waals surface area contributed by atoms with Crippen molar-refractivity contribution in [3.05, 3.63) is 6.33 Å². The van der Waals surface area contributed by atoms with E-state index in [0.29, 0.717) is 30.4 Å². The van der Waals surface area contributed by atoms with E-state index >= 15 is 0 Å². The molecule has 0 aliphatic heterocycles. The van der Waals surface area contributed by atoms with Crippen molar-refractivity contribution >= 4 is 11.6 Å². The van der Waals surface area contributed by atoms with E-state index in [1.165, 1.54) is 6.33 Å². The van der Waals surface area contributed by atoms with Crippen LogP contribution in [0.15, 0.2) is 6.33 Å². The Morgan fingerprint density at radius 2 is 2.29 bits per heavy atom. The van der Waals surface area contributed by atoms with Crippen LogP contribution in [0.1, 0.15) is 13.3 Å². The van der Waals surface area contributed by atoms with Gasteiger partial charge in [-0.25, -0.2) is 15.8 Å². The number of rotatable bonds is 7. The Bertz CT molecular complexity index is 347. The predicted molar refractivity (Wildman–Crippen MR) is 66.0 cm³/mol. The molecule has 0 saturated carbocycles. The van der Waals surface area contributed by atoms with Crippen LogP contribution in [0.5, 0.6) is 5.75 Å². The topological polar surface area (TPSA) is 96.5 Å². The number of aliphatic hydroxyl groups excluding tert-OH is 1. The SMILES string of the molecule is CCN(CCCO)c1ncnc(NN)c1OC. The van der Waals surface area contributed by atoms with Gasteiger partial charge in [0.15, 0.2) is 11.6 Å². The third-order valence-corrected chi connectivity index (χ3v) is 2.39. The van der Waals surface area contributed by atoms with Gasteiger partial charge in [-0.3, -0.25) is 0 Å². The summed E-state index contributed by atoms with van der Waals surface area (Å²) in [5.41, 5.74) is 2.47. The standard InChI is InChI=1S/C10H19N5O2/c1-3-15(5-4-6-16)10-8(17-2)9(14-11)12-7-13-10/h7,16H,3-6,11H2,1-2H3,(H,12,13,14). The fourth-order valence-corrected chi connectivity index (χ4v) is 1.56. The van der Waals surface area contributed by atoms with Crippen molar-refractivity contribution in [2.24, 2.45) is 5.84 Å². The number of nitrogens with two attached hydrogens (primary N) is 1. The maximum atomic E-state index is 8.86. The third kappa shape index (κ3) is 3.18. The lowest BCUT2D eigenvalue weighted by Gasteiger charge is -2.23. The Labute approximate surface area is 101 Å². The number of ether oxygens (including phenoxy) is 1. The summed E-state index contributed by atoms with van der Waals surface area (Å²) in [5.74, 6) is 6.98. The molecule has 0 aliphatic carbocycles. The van der Waals surface area contributed by atoms with E-state index in [1.807, 2.05) is 11.8 Å². The van der Waals surface area contributed by atoms with Crippen LogP contribution < -0.4 is 20.9 Å². The van der Waals surface area contributed by atoms with Crippen molar-refractivity contribution in [2.45, 2.75) is 13.3 Å². The zero-order chi connectivity index (χ0) is 12.7. The maximum Gasteiger partial charge on any atom is 0.205 e. The number of nitrogens with zero attached hydrogens (tertiary/aromatic N) is 3. The van der Waals surface area contributed by atoms with Gasteiger partial charge < -0.3 is 20.2 Å². The van der Waals surface area contributed by atoms with E-state index in [4.69, 9.17) is 15.7 Å². The number of nitrogen functional groups attached to an aromatic ring is 1. The summed E-state index contributed by atoms with van der Waals surface area (Å²) in [4.78, 5) is 10.2. The molecular formula is C10H19N5O2. The van der Waals surface area contributed by atoms with E-state index in [9.17, 15) is 0 Å². The van der Waals surface area contributed by atoms with Crippen molar-refractivity contribution in [2.75, 3.05) is 37.1 Å². The molecule has 7 nitrogen and oxygen atoms in total.